The Hall–Kier alpha value is -2.82. The molecule has 0 unspecified atom stereocenters. The summed E-state index contributed by atoms with van der Waals surface area (Å²) in [4.78, 5) is 7.64. The molecule has 2 heterocycles. The molecule has 0 saturated carbocycles. The van der Waals surface area contributed by atoms with Crippen molar-refractivity contribution in [1.29, 1.82) is 0 Å². The Morgan fingerprint density at radius 1 is 1.22 bits per heavy atom. The molecule has 3 rings (SSSR count). The summed E-state index contributed by atoms with van der Waals surface area (Å²) in [7, 11) is -2.92. The van der Waals surface area contributed by atoms with E-state index in [-0.39, 0.29) is 11.7 Å². The van der Waals surface area contributed by atoms with Gasteiger partial charge in [0.15, 0.2) is 0 Å². The lowest BCUT2D eigenvalue weighted by Crippen LogP contribution is -2.16. The van der Waals surface area contributed by atoms with Crippen molar-refractivity contribution < 1.29 is 21.9 Å². The number of benzene rings is 1. The first-order valence-corrected chi connectivity index (χ1v) is 7.62. The second-order valence-corrected chi connectivity index (χ2v) is 5.91. The third kappa shape index (κ3) is 2.90. The monoisotopic (exact) mass is 341 g/mol. The summed E-state index contributed by atoms with van der Waals surface area (Å²) in [5.41, 5.74) is -0.547. The zero-order chi connectivity index (χ0) is 16.6. The maximum absolute atomic E-state index is 13.6. The van der Waals surface area contributed by atoms with Gasteiger partial charge in [-0.05, 0) is 12.1 Å². The molecule has 120 valence electrons. The van der Waals surface area contributed by atoms with E-state index in [2.05, 4.69) is 15.1 Å². The summed E-state index contributed by atoms with van der Waals surface area (Å²) < 4.78 is 58.9. The van der Waals surface area contributed by atoms with Gasteiger partial charge in [0.05, 0.1) is 12.8 Å². The Balaban J connectivity index is 2.00. The average Bonchev–Trinajstić information content (AvgIpc) is 2.94. The topological polar surface area (TPSA) is 98.5 Å². The van der Waals surface area contributed by atoms with Crippen molar-refractivity contribution in [2.75, 3.05) is 11.8 Å². The molecule has 0 aliphatic rings. The molecule has 1 N–H and O–H groups in total. The Labute approximate surface area is 128 Å². The Kier molecular flexibility index (Phi) is 3.56. The molecule has 11 heteroatoms. The van der Waals surface area contributed by atoms with Gasteiger partial charge in [-0.25, -0.2) is 13.3 Å². The average molecular weight is 341 g/mol. The van der Waals surface area contributed by atoms with Gasteiger partial charge >= 0.3 is 0 Å². The SMILES string of the molecule is COc1ccn2nc(S(=O)(=O)Nc3cc(F)ccc3F)nc2n1. The predicted molar refractivity (Wildman–Crippen MR) is 74.5 cm³/mol. The predicted octanol–water partition coefficient (Wildman–Crippen LogP) is 1.21. The van der Waals surface area contributed by atoms with E-state index in [1.54, 1.807) is 0 Å². The number of hydrogen-bond acceptors (Lipinski definition) is 6. The lowest BCUT2D eigenvalue weighted by molar-refractivity contribution is 0.397. The number of halogens is 2. The van der Waals surface area contributed by atoms with Crippen molar-refractivity contribution in [2.45, 2.75) is 5.16 Å². The van der Waals surface area contributed by atoms with Crippen LogP contribution in [0.25, 0.3) is 5.78 Å². The van der Waals surface area contributed by atoms with E-state index in [0.717, 1.165) is 16.6 Å². The molecule has 0 saturated heterocycles. The third-order valence-electron chi connectivity index (χ3n) is 2.78. The van der Waals surface area contributed by atoms with Gasteiger partial charge in [-0.1, -0.05) is 0 Å². The van der Waals surface area contributed by atoms with Crippen LogP contribution in [-0.2, 0) is 10.0 Å². The molecule has 0 amide bonds. The molecule has 8 nitrogen and oxygen atoms in total. The summed E-state index contributed by atoms with van der Waals surface area (Å²) in [5, 5.41) is 3.09. The molecule has 0 atom stereocenters. The molecule has 2 aromatic heterocycles. The molecule has 3 aromatic rings. The van der Waals surface area contributed by atoms with Gasteiger partial charge in [0, 0.05) is 18.3 Å². The van der Waals surface area contributed by atoms with E-state index in [9.17, 15) is 17.2 Å². The number of sulfonamides is 1. The smallest absolute Gasteiger partial charge is 0.299 e. The maximum Gasteiger partial charge on any atom is 0.299 e. The quantitative estimate of drug-likeness (QED) is 0.766. The molecule has 0 fully saturated rings. The molecule has 0 aliphatic heterocycles. The van der Waals surface area contributed by atoms with Gasteiger partial charge in [-0.15, -0.1) is 5.10 Å². The second kappa shape index (κ2) is 5.43. The number of hydrogen-bond donors (Lipinski definition) is 1. The summed E-state index contributed by atoms with van der Waals surface area (Å²) in [6, 6.07) is 3.84. The zero-order valence-corrected chi connectivity index (χ0v) is 12.4. The minimum atomic E-state index is -4.31. The molecule has 1 aromatic carbocycles. The molecule has 0 radical (unpaired) electrons. The van der Waals surface area contributed by atoms with Gasteiger partial charge in [-0.3, -0.25) is 4.72 Å². The van der Waals surface area contributed by atoms with Gasteiger partial charge in [0.25, 0.3) is 21.0 Å². The summed E-state index contributed by atoms with van der Waals surface area (Å²) in [6.45, 7) is 0. The highest BCUT2D eigenvalue weighted by atomic mass is 32.2. The van der Waals surface area contributed by atoms with Crippen LogP contribution in [0.3, 0.4) is 0 Å². The van der Waals surface area contributed by atoms with Crippen molar-refractivity contribution in [3.05, 3.63) is 42.1 Å². The molecule has 0 bridgehead atoms. The first-order chi connectivity index (χ1) is 10.9. The zero-order valence-electron chi connectivity index (χ0n) is 11.6. The fourth-order valence-electron chi connectivity index (χ4n) is 1.74. The standard InChI is InChI=1S/C12H9F2N5O3S/c1-22-10-4-5-19-11(15-10)16-12(17-19)23(20,21)18-9-6-7(13)2-3-8(9)14/h2-6,18H,1H3. The van der Waals surface area contributed by atoms with Crippen LogP contribution in [0, 0.1) is 11.6 Å². The fourth-order valence-corrected chi connectivity index (χ4v) is 2.67. The Morgan fingerprint density at radius 3 is 2.74 bits per heavy atom. The number of nitrogens with one attached hydrogen (secondary N) is 1. The van der Waals surface area contributed by atoms with Crippen LogP contribution in [0.5, 0.6) is 5.88 Å². The first-order valence-electron chi connectivity index (χ1n) is 6.14. The van der Waals surface area contributed by atoms with Crippen LogP contribution < -0.4 is 9.46 Å². The van der Waals surface area contributed by atoms with E-state index in [1.165, 1.54) is 19.4 Å². The van der Waals surface area contributed by atoms with Crippen molar-refractivity contribution in [3.8, 4) is 5.88 Å². The minimum Gasteiger partial charge on any atom is -0.481 e. The summed E-state index contributed by atoms with van der Waals surface area (Å²) in [5.74, 6) is -1.53. The fraction of sp³-hybridized carbons (Fsp3) is 0.0833. The maximum atomic E-state index is 13.6. The van der Waals surface area contributed by atoms with E-state index in [0.29, 0.717) is 6.07 Å². The molecule has 0 spiro atoms. The van der Waals surface area contributed by atoms with Gasteiger partial charge in [0.1, 0.15) is 11.6 Å². The van der Waals surface area contributed by atoms with Gasteiger partial charge < -0.3 is 4.74 Å². The van der Waals surface area contributed by atoms with Crippen LogP contribution in [0.15, 0.2) is 35.6 Å². The van der Waals surface area contributed by atoms with Crippen molar-refractivity contribution in [1.82, 2.24) is 19.6 Å². The van der Waals surface area contributed by atoms with Crippen LogP contribution in [0.4, 0.5) is 14.5 Å². The third-order valence-corrected chi connectivity index (χ3v) is 3.93. The number of nitrogens with zero attached hydrogens (tertiary/aromatic N) is 4. The van der Waals surface area contributed by atoms with Crippen molar-refractivity contribution in [3.63, 3.8) is 0 Å². The van der Waals surface area contributed by atoms with E-state index in [4.69, 9.17) is 4.74 Å². The molecular formula is C12H9F2N5O3S. The number of anilines is 1. The van der Waals surface area contributed by atoms with Crippen molar-refractivity contribution >= 4 is 21.5 Å². The Bertz CT molecular complexity index is 990. The van der Waals surface area contributed by atoms with Gasteiger partial charge in [-0.2, -0.15) is 18.4 Å². The second-order valence-electron chi connectivity index (χ2n) is 4.34. The minimum absolute atomic E-state index is 0.0237. The van der Waals surface area contributed by atoms with Crippen LogP contribution in [-0.4, -0.2) is 35.1 Å². The Morgan fingerprint density at radius 2 is 2.00 bits per heavy atom. The lowest BCUT2D eigenvalue weighted by Gasteiger charge is -2.05. The molecule has 0 aliphatic carbocycles. The first kappa shape index (κ1) is 15.1. The van der Waals surface area contributed by atoms with Gasteiger partial charge in [0.2, 0.25) is 5.88 Å². The molecular weight excluding hydrogens is 332 g/mol. The highest BCUT2D eigenvalue weighted by Gasteiger charge is 2.23. The number of aromatic nitrogens is 4. The van der Waals surface area contributed by atoms with Crippen LogP contribution >= 0.6 is 0 Å². The normalized spacial score (nSPS) is 11.6. The number of fused-ring (bicyclic) bond motifs is 1. The lowest BCUT2D eigenvalue weighted by atomic mass is 10.3. The summed E-state index contributed by atoms with van der Waals surface area (Å²) in [6.07, 6.45) is 1.40. The van der Waals surface area contributed by atoms with Crippen molar-refractivity contribution in [2.24, 2.45) is 0 Å². The highest BCUT2D eigenvalue weighted by molar-refractivity contribution is 7.92. The largest absolute Gasteiger partial charge is 0.481 e. The number of rotatable bonds is 4. The van der Waals surface area contributed by atoms with E-state index < -0.39 is 32.5 Å². The highest BCUT2D eigenvalue weighted by Crippen LogP contribution is 2.19. The number of ether oxygens (including phenoxy) is 1. The number of methoxy groups -OCH3 is 1. The van der Waals surface area contributed by atoms with Crippen LogP contribution in [0.1, 0.15) is 0 Å². The van der Waals surface area contributed by atoms with Crippen LogP contribution in [0.2, 0.25) is 0 Å². The summed E-state index contributed by atoms with van der Waals surface area (Å²) >= 11 is 0. The van der Waals surface area contributed by atoms with E-state index in [1.807, 2.05) is 4.72 Å². The molecule has 23 heavy (non-hydrogen) atoms. The van der Waals surface area contributed by atoms with E-state index >= 15 is 0 Å².